The van der Waals surface area contributed by atoms with E-state index in [2.05, 4.69) is 27.5 Å². The van der Waals surface area contributed by atoms with E-state index < -0.39 is 17.7 Å². The average molecular weight is 499 g/mol. The summed E-state index contributed by atoms with van der Waals surface area (Å²) in [5, 5.41) is 27.0. The normalized spacial score (nSPS) is 47.3. The van der Waals surface area contributed by atoms with Gasteiger partial charge in [-0.05, 0) is 69.4 Å². The molecule has 3 bridgehead atoms. The lowest BCUT2D eigenvalue weighted by Gasteiger charge is -2.71. The summed E-state index contributed by atoms with van der Waals surface area (Å²) < 4.78 is 5.99. The molecule has 5 aliphatic carbocycles. The summed E-state index contributed by atoms with van der Waals surface area (Å²) in [6.07, 6.45) is 12.4. The SMILES string of the molecule is CN=C(N)N1C=C[C@]2(CNC)CC[C@@H]3[C@]4(O)C(C(=O)O)=C5C[C@H]6CC[C@@H](CCCC[C@H]4OC)[C@]53[C@]62C1. The van der Waals surface area contributed by atoms with Gasteiger partial charge in [0, 0.05) is 55.6 Å². The molecule has 2 spiro atoms. The molecule has 0 amide bonds. The molecule has 8 atom stereocenters. The van der Waals surface area contributed by atoms with Crippen LogP contribution in [-0.4, -0.2) is 73.0 Å². The first kappa shape index (κ1) is 24.4. The summed E-state index contributed by atoms with van der Waals surface area (Å²) >= 11 is 0. The summed E-state index contributed by atoms with van der Waals surface area (Å²) in [7, 11) is 5.39. The molecule has 0 saturated heterocycles. The van der Waals surface area contributed by atoms with Crippen LogP contribution in [0.3, 0.4) is 0 Å². The van der Waals surface area contributed by atoms with Gasteiger partial charge in [-0.1, -0.05) is 18.9 Å². The third-order valence-corrected chi connectivity index (χ3v) is 11.7. The first-order valence-electron chi connectivity index (χ1n) is 13.8. The van der Waals surface area contributed by atoms with Gasteiger partial charge in [0.2, 0.25) is 0 Å². The van der Waals surface area contributed by atoms with Crippen LogP contribution >= 0.6 is 0 Å². The van der Waals surface area contributed by atoms with Gasteiger partial charge in [-0.3, -0.25) is 4.99 Å². The Balaban J connectivity index is 1.70. The quantitative estimate of drug-likeness (QED) is 0.347. The Kier molecular flexibility index (Phi) is 5.46. The van der Waals surface area contributed by atoms with Crippen molar-refractivity contribution >= 4 is 11.9 Å². The third-order valence-electron chi connectivity index (χ3n) is 11.7. The van der Waals surface area contributed by atoms with Crippen LogP contribution in [-0.2, 0) is 9.53 Å². The highest BCUT2D eigenvalue weighted by molar-refractivity contribution is 5.92. The predicted molar refractivity (Wildman–Crippen MR) is 137 cm³/mol. The molecular weight excluding hydrogens is 456 g/mol. The molecule has 8 nitrogen and oxygen atoms in total. The molecule has 0 unspecified atom stereocenters. The number of carbonyl (C=O) groups is 1. The van der Waals surface area contributed by atoms with Gasteiger partial charge in [-0.25, -0.2) is 4.79 Å². The van der Waals surface area contributed by atoms with Crippen LogP contribution in [0.1, 0.15) is 57.8 Å². The molecule has 0 aromatic rings. The Morgan fingerprint density at radius 2 is 2.00 bits per heavy atom. The lowest BCUT2D eigenvalue weighted by molar-refractivity contribution is -0.229. The smallest absolute Gasteiger partial charge is 0.334 e. The van der Waals surface area contributed by atoms with Crippen molar-refractivity contribution < 1.29 is 19.7 Å². The third kappa shape index (κ3) is 2.52. The zero-order chi connectivity index (χ0) is 25.5. The topological polar surface area (TPSA) is 120 Å². The number of aliphatic carboxylic acids is 1. The van der Waals surface area contributed by atoms with Gasteiger partial charge in [0.05, 0.1) is 11.7 Å². The molecule has 4 fully saturated rings. The summed E-state index contributed by atoms with van der Waals surface area (Å²) in [6, 6.07) is 0. The van der Waals surface area contributed by atoms with E-state index >= 15 is 0 Å². The van der Waals surface area contributed by atoms with Crippen molar-refractivity contribution in [2.75, 3.05) is 34.3 Å². The molecule has 0 radical (unpaired) electrons. The number of aliphatic imine (C=N–C) groups is 1. The number of rotatable bonds is 4. The minimum atomic E-state index is -1.48. The van der Waals surface area contributed by atoms with E-state index in [-0.39, 0.29) is 27.7 Å². The van der Waals surface area contributed by atoms with E-state index in [1.54, 1.807) is 14.2 Å². The van der Waals surface area contributed by atoms with Crippen molar-refractivity contribution in [1.29, 1.82) is 0 Å². The number of methoxy groups -OCH3 is 1. The van der Waals surface area contributed by atoms with Crippen LogP contribution in [0.5, 0.6) is 0 Å². The second kappa shape index (κ2) is 8.05. The van der Waals surface area contributed by atoms with Crippen LogP contribution in [0.4, 0.5) is 0 Å². The Morgan fingerprint density at radius 1 is 1.25 bits per heavy atom. The fourth-order valence-corrected chi connectivity index (χ4v) is 11.0. The number of hydrogen-bond donors (Lipinski definition) is 4. The summed E-state index contributed by atoms with van der Waals surface area (Å²) in [6.45, 7) is 1.55. The van der Waals surface area contributed by atoms with Crippen molar-refractivity contribution in [3.05, 3.63) is 23.4 Å². The number of nitrogens with two attached hydrogens (primary N) is 1. The minimum absolute atomic E-state index is 0.140. The molecule has 36 heavy (non-hydrogen) atoms. The van der Waals surface area contributed by atoms with Crippen LogP contribution in [0.2, 0.25) is 0 Å². The van der Waals surface area contributed by atoms with Gasteiger partial charge >= 0.3 is 5.97 Å². The fraction of sp³-hybridized carbons (Fsp3) is 0.786. The molecule has 198 valence electrons. The van der Waals surface area contributed by atoms with Gasteiger partial charge in [0.1, 0.15) is 5.60 Å². The van der Waals surface area contributed by atoms with Crippen LogP contribution < -0.4 is 11.1 Å². The number of carboxylic acids is 1. The first-order chi connectivity index (χ1) is 17.3. The zero-order valence-electron chi connectivity index (χ0n) is 21.9. The molecule has 6 aliphatic rings. The maximum atomic E-state index is 13.1. The number of ether oxygens (including phenoxy) is 1. The largest absolute Gasteiger partial charge is 0.478 e. The van der Waals surface area contributed by atoms with Gasteiger partial charge < -0.3 is 30.9 Å². The Hall–Kier alpha value is -1.90. The van der Waals surface area contributed by atoms with Crippen molar-refractivity contribution in [2.45, 2.75) is 69.5 Å². The molecule has 5 N–H and O–H groups in total. The number of nitrogens with one attached hydrogen (secondary N) is 1. The summed E-state index contributed by atoms with van der Waals surface area (Å²) in [5.41, 5.74) is 5.52. The number of hydrogen-bond acceptors (Lipinski definition) is 5. The second-order valence-corrected chi connectivity index (χ2v) is 12.3. The Morgan fingerprint density at radius 3 is 2.69 bits per heavy atom. The number of guanidine groups is 1. The number of carboxylic acid groups (broad SMARTS) is 1. The molecule has 0 aromatic carbocycles. The van der Waals surface area contributed by atoms with Crippen molar-refractivity contribution in [3.8, 4) is 0 Å². The number of aliphatic hydroxyl groups is 1. The second-order valence-electron chi connectivity index (χ2n) is 12.3. The highest BCUT2D eigenvalue weighted by Crippen LogP contribution is 2.85. The molecular formula is C28H42N4O4. The minimum Gasteiger partial charge on any atom is -0.478 e. The number of allylic oxidation sites excluding steroid dienone is 1. The van der Waals surface area contributed by atoms with E-state index in [1.165, 1.54) is 0 Å². The molecule has 0 aromatic heterocycles. The van der Waals surface area contributed by atoms with E-state index in [0.717, 1.165) is 70.0 Å². The van der Waals surface area contributed by atoms with E-state index in [4.69, 9.17) is 10.5 Å². The van der Waals surface area contributed by atoms with Gasteiger partial charge in [-0.2, -0.15) is 0 Å². The molecule has 1 heterocycles. The van der Waals surface area contributed by atoms with Crippen LogP contribution in [0.15, 0.2) is 28.4 Å². The lowest BCUT2D eigenvalue weighted by atomic mass is 9.34. The maximum Gasteiger partial charge on any atom is 0.334 e. The Bertz CT molecular complexity index is 1060. The number of nitrogens with zero attached hydrogens (tertiary/aromatic N) is 2. The van der Waals surface area contributed by atoms with E-state index in [0.29, 0.717) is 24.2 Å². The van der Waals surface area contributed by atoms with Crippen LogP contribution in [0.25, 0.3) is 0 Å². The molecule has 4 saturated carbocycles. The van der Waals surface area contributed by atoms with E-state index in [1.807, 2.05) is 7.05 Å². The summed E-state index contributed by atoms with van der Waals surface area (Å²) in [5.74, 6) is 0.0626. The Labute approximate surface area is 214 Å². The van der Waals surface area contributed by atoms with Gasteiger partial charge in [-0.15, -0.1) is 0 Å². The van der Waals surface area contributed by atoms with E-state index in [9.17, 15) is 15.0 Å². The first-order valence-corrected chi connectivity index (χ1v) is 13.8. The average Bonchev–Trinajstić information content (AvgIpc) is 3.21. The molecule has 8 heteroatoms. The van der Waals surface area contributed by atoms with Gasteiger partial charge in [0.25, 0.3) is 0 Å². The zero-order valence-corrected chi connectivity index (χ0v) is 21.9. The molecule has 6 rings (SSSR count). The fourth-order valence-electron chi connectivity index (χ4n) is 11.0. The standard InChI is InChI=1S/C28H42N4O4/c1-30-15-25-11-10-20-27-17-6-4-5-7-21(36-3)28(20,35)22(23(33)34)19(27)14-18(9-8-17)26(25,27)16-32(13-12-25)24(29)31-2/h12-13,17-18,20-21,30,35H,4-11,14-16H2,1-3H3,(H2,29,31)(H,33,34)/t17-,18-,20+,21-,25+,26-,27+,28-/m1/s1. The highest BCUT2D eigenvalue weighted by Gasteiger charge is 2.84. The van der Waals surface area contributed by atoms with Crippen molar-refractivity contribution in [1.82, 2.24) is 10.2 Å². The maximum absolute atomic E-state index is 13.1. The monoisotopic (exact) mass is 498 g/mol. The predicted octanol–water partition coefficient (Wildman–Crippen LogP) is 2.49. The molecule has 1 aliphatic heterocycles. The lowest BCUT2D eigenvalue weighted by Crippen LogP contribution is -2.72. The summed E-state index contributed by atoms with van der Waals surface area (Å²) in [4.78, 5) is 19.5. The van der Waals surface area contributed by atoms with Crippen LogP contribution in [0, 0.1) is 34.0 Å². The van der Waals surface area contributed by atoms with Crippen molar-refractivity contribution in [2.24, 2.45) is 44.7 Å². The van der Waals surface area contributed by atoms with Crippen molar-refractivity contribution in [3.63, 3.8) is 0 Å². The van der Waals surface area contributed by atoms with Gasteiger partial charge in [0.15, 0.2) is 5.96 Å². The highest BCUT2D eigenvalue weighted by atomic mass is 16.5.